The molecule has 1 aliphatic rings. The van der Waals surface area contributed by atoms with Crippen LogP contribution in [0, 0.1) is 0 Å². The molecule has 0 bridgehead atoms. The average Bonchev–Trinajstić information content (AvgIpc) is 3.22. The molecule has 188 valence electrons. The van der Waals surface area contributed by atoms with E-state index in [1.807, 2.05) is 37.3 Å². The number of ether oxygens (including phenoxy) is 4. The summed E-state index contributed by atoms with van der Waals surface area (Å²) in [5.41, 5.74) is 6.87. The molecule has 0 radical (unpaired) electrons. The van der Waals surface area contributed by atoms with Crippen LogP contribution in [0.3, 0.4) is 0 Å². The number of carbonyl (C=O) groups excluding carboxylic acids is 1. The van der Waals surface area contributed by atoms with Gasteiger partial charge in [-0.15, -0.1) is 0 Å². The van der Waals surface area contributed by atoms with Crippen molar-refractivity contribution >= 4 is 11.5 Å². The third kappa shape index (κ3) is 5.80. The van der Waals surface area contributed by atoms with Crippen molar-refractivity contribution in [1.82, 2.24) is 0 Å². The molecule has 0 fully saturated rings. The van der Waals surface area contributed by atoms with Gasteiger partial charge in [0.1, 0.15) is 18.1 Å². The molecular formula is C31H34O5. The van der Waals surface area contributed by atoms with E-state index < -0.39 is 6.10 Å². The first-order chi connectivity index (χ1) is 17.7. The quantitative estimate of drug-likeness (QED) is 0.215. The lowest BCUT2D eigenvalue weighted by atomic mass is 10.0. The van der Waals surface area contributed by atoms with E-state index >= 15 is 0 Å². The van der Waals surface area contributed by atoms with Crippen LogP contribution < -0.4 is 9.47 Å². The van der Waals surface area contributed by atoms with Gasteiger partial charge >= 0.3 is 5.97 Å². The highest BCUT2D eigenvalue weighted by Gasteiger charge is 2.26. The Kier molecular flexibility index (Phi) is 8.80. The number of carbonyl (C=O) groups is 1. The van der Waals surface area contributed by atoms with Crippen LogP contribution in [0.15, 0.2) is 72.8 Å². The van der Waals surface area contributed by atoms with E-state index in [2.05, 4.69) is 49.4 Å². The Hall–Kier alpha value is -3.57. The lowest BCUT2D eigenvalue weighted by Crippen LogP contribution is -2.28. The van der Waals surface area contributed by atoms with Crippen molar-refractivity contribution in [2.45, 2.75) is 39.7 Å². The second kappa shape index (κ2) is 12.4. The molecule has 0 spiro atoms. The standard InChI is InChI=1S/C31H34O5/c1-4-19-36-28-13-9-12-27-25(24-10-7-8-11-26(24)30(27)28)18-20-35-23-16-14-22(15-17-23)21-29(33-5-2)31(32)34-6-3/h7-18,29H,4-6,19-21H2,1-3H3. The minimum Gasteiger partial charge on any atom is -0.493 e. The molecule has 1 aliphatic carbocycles. The molecule has 0 N–H and O–H groups in total. The minimum atomic E-state index is -0.597. The normalized spacial score (nSPS) is 13.7. The van der Waals surface area contributed by atoms with Gasteiger partial charge in [0.15, 0.2) is 6.10 Å². The number of rotatable bonds is 12. The predicted octanol–water partition coefficient (Wildman–Crippen LogP) is 6.48. The molecule has 0 saturated heterocycles. The summed E-state index contributed by atoms with van der Waals surface area (Å²) in [4.78, 5) is 12.1. The van der Waals surface area contributed by atoms with Crippen molar-refractivity contribution in [2.75, 3.05) is 26.4 Å². The van der Waals surface area contributed by atoms with Gasteiger partial charge in [-0.05, 0) is 72.4 Å². The number of hydrogen-bond acceptors (Lipinski definition) is 5. The molecular weight excluding hydrogens is 452 g/mol. The zero-order chi connectivity index (χ0) is 25.3. The van der Waals surface area contributed by atoms with Gasteiger partial charge in [0, 0.05) is 18.6 Å². The maximum Gasteiger partial charge on any atom is 0.335 e. The van der Waals surface area contributed by atoms with Crippen LogP contribution in [-0.2, 0) is 20.7 Å². The molecule has 3 aromatic carbocycles. The van der Waals surface area contributed by atoms with Crippen LogP contribution in [0.5, 0.6) is 11.5 Å². The van der Waals surface area contributed by atoms with E-state index in [1.165, 1.54) is 16.7 Å². The van der Waals surface area contributed by atoms with Gasteiger partial charge in [0.25, 0.3) is 0 Å². The predicted molar refractivity (Wildman–Crippen MR) is 142 cm³/mol. The first-order valence-electron chi connectivity index (χ1n) is 12.7. The summed E-state index contributed by atoms with van der Waals surface area (Å²) in [5.74, 6) is 1.37. The monoisotopic (exact) mass is 486 g/mol. The van der Waals surface area contributed by atoms with Crippen LogP contribution in [0.4, 0.5) is 0 Å². The fourth-order valence-electron chi connectivity index (χ4n) is 4.47. The fraction of sp³-hybridized carbons (Fsp3) is 0.323. The summed E-state index contributed by atoms with van der Waals surface area (Å²) in [6.45, 7) is 7.71. The Morgan fingerprint density at radius 1 is 0.833 bits per heavy atom. The van der Waals surface area contributed by atoms with Crippen LogP contribution in [0.1, 0.15) is 43.9 Å². The summed E-state index contributed by atoms with van der Waals surface area (Å²) >= 11 is 0. The number of esters is 1. The first-order valence-corrected chi connectivity index (χ1v) is 12.7. The van der Waals surface area contributed by atoms with Crippen molar-refractivity contribution in [2.24, 2.45) is 0 Å². The maximum atomic E-state index is 12.1. The molecule has 5 heteroatoms. The summed E-state index contributed by atoms with van der Waals surface area (Å²) < 4.78 is 22.8. The van der Waals surface area contributed by atoms with Crippen molar-refractivity contribution in [3.8, 4) is 22.6 Å². The molecule has 3 aromatic rings. The van der Waals surface area contributed by atoms with Crippen LogP contribution >= 0.6 is 0 Å². The molecule has 0 aliphatic heterocycles. The van der Waals surface area contributed by atoms with Gasteiger partial charge in [-0.25, -0.2) is 4.79 Å². The average molecular weight is 487 g/mol. The lowest BCUT2D eigenvalue weighted by Gasteiger charge is -2.15. The van der Waals surface area contributed by atoms with E-state index in [1.54, 1.807) is 6.92 Å². The van der Waals surface area contributed by atoms with Gasteiger partial charge in [0.2, 0.25) is 0 Å². The topological polar surface area (TPSA) is 54.0 Å². The Morgan fingerprint density at radius 3 is 2.31 bits per heavy atom. The molecule has 36 heavy (non-hydrogen) atoms. The summed E-state index contributed by atoms with van der Waals surface area (Å²) in [7, 11) is 0. The zero-order valence-corrected chi connectivity index (χ0v) is 21.3. The number of hydrogen-bond donors (Lipinski definition) is 0. The van der Waals surface area contributed by atoms with E-state index in [4.69, 9.17) is 18.9 Å². The van der Waals surface area contributed by atoms with Crippen molar-refractivity contribution < 1.29 is 23.7 Å². The Labute approximate surface area is 213 Å². The summed E-state index contributed by atoms with van der Waals surface area (Å²) in [6.07, 6.45) is 2.97. The summed E-state index contributed by atoms with van der Waals surface area (Å²) in [6, 6.07) is 22.5. The minimum absolute atomic E-state index is 0.327. The van der Waals surface area contributed by atoms with Crippen LogP contribution in [-0.4, -0.2) is 38.5 Å². The first kappa shape index (κ1) is 25.5. The second-order valence-electron chi connectivity index (χ2n) is 8.55. The van der Waals surface area contributed by atoms with Gasteiger partial charge in [-0.1, -0.05) is 55.5 Å². The molecule has 0 saturated carbocycles. The molecule has 4 rings (SSSR count). The Balaban J connectivity index is 1.46. The summed E-state index contributed by atoms with van der Waals surface area (Å²) in [5, 5.41) is 0. The van der Waals surface area contributed by atoms with E-state index in [-0.39, 0.29) is 5.97 Å². The highest BCUT2D eigenvalue weighted by Crippen LogP contribution is 2.48. The van der Waals surface area contributed by atoms with Gasteiger partial charge < -0.3 is 18.9 Å². The smallest absolute Gasteiger partial charge is 0.335 e. The van der Waals surface area contributed by atoms with Crippen molar-refractivity contribution in [3.05, 3.63) is 89.5 Å². The lowest BCUT2D eigenvalue weighted by molar-refractivity contribution is -0.156. The van der Waals surface area contributed by atoms with E-state index in [9.17, 15) is 4.79 Å². The van der Waals surface area contributed by atoms with Gasteiger partial charge in [-0.3, -0.25) is 0 Å². The van der Waals surface area contributed by atoms with Crippen molar-refractivity contribution in [1.29, 1.82) is 0 Å². The SMILES string of the molecule is CCCOc1cccc2c1-c1ccccc1C2=CCOc1ccc(CC(OCC)C(=O)OCC)cc1. The largest absolute Gasteiger partial charge is 0.493 e. The fourth-order valence-corrected chi connectivity index (χ4v) is 4.47. The number of benzene rings is 3. The Morgan fingerprint density at radius 2 is 1.58 bits per heavy atom. The molecule has 0 heterocycles. The molecule has 0 aromatic heterocycles. The van der Waals surface area contributed by atoms with Crippen LogP contribution in [0.2, 0.25) is 0 Å². The van der Waals surface area contributed by atoms with Gasteiger partial charge in [-0.2, -0.15) is 0 Å². The van der Waals surface area contributed by atoms with Crippen LogP contribution in [0.25, 0.3) is 16.7 Å². The second-order valence-corrected chi connectivity index (χ2v) is 8.55. The zero-order valence-electron chi connectivity index (χ0n) is 21.3. The van der Waals surface area contributed by atoms with E-state index in [0.717, 1.165) is 34.6 Å². The third-order valence-electron chi connectivity index (χ3n) is 6.06. The molecule has 1 atom stereocenters. The highest BCUT2D eigenvalue weighted by molar-refractivity contribution is 6.03. The van der Waals surface area contributed by atoms with Crippen molar-refractivity contribution in [3.63, 3.8) is 0 Å². The molecule has 1 unspecified atom stereocenters. The van der Waals surface area contributed by atoms with Gasteiger partial charge in [0.05, 0.1) is 13.2 Å². The number of fused-ring (bicyclic) bond motifs is 3. The third-order valence-corrected chi connectivity index (χ3v) is 6.06. The van der Waals surface area contributed by atoms with E-state index in [0.29, 0.717) is 32.8 Å². The highest BCUT2D eigenvalue weighted by atomic mass is 16.6. The molecule has 0 amide bonds. The maximum absolute atomic E-state index is 12.1. The molecule has 5 nitrogen and oxygen atoms in total. The Bertz CT molecular complexity index is 1200.